The van der Waals surface area contributed by atoms with Crippen molar-refractivity contribution in [3.8, 4) is 5.75 Å². The van der Waals surface area contributed by atoms with Crippen LogP contribution in [0.5, 0.6) is 5.75 Å². The van der Waals surface area contributed by atoms with Gasteiger partial charge in [0.1, 0.15) is 12.4 Å². The van der Waals surface area contributed by atoms with Crippen molar-refractivity contribution < 1.29 is 4.74 Å². The second kappa shape index (κ2) is 10.3. The van der Waals surface area contributed by atoms with Crippen LogP contribution in [0.2, 0.25) is 0 Å². The van der Waals surface area contributed by atoms with Gasteiger partial charge in [0.25, 0.3) is 0 Å². The zero-order valence-corrected chi connectivity index (χ0v) is 17.9. The third kappa shape index (κ3) is 6.08. The van der Waals surface area contributed by atoms with Crippen LogP contribution < -0.4 is 4.74 Å². The second-order valence-electron chi connectivity index (χ2n) is 8.26. The maximum absolute atomic E-state index is 5.97. The highest BCUT2D eigenvalue weighted by Gasteiger charge is 2.09. The third-order valence-electron chi connectivity index (χ3n) is 5.69. The number of benzene rings is 3. The molecule has 154 valence electrons. The number of likely N-dealkylation sites (tertiary alicyclic amines) is 1. The van der Waals surface area contributed by atoms with Crippen molar-refractivity contribution in [3.63, 3.8) is 0 Å². The van der Waals surface area contributed by atoms with Gasteiger partial charge >= 0.3 is 0 Å². The first-order valence-electron chi connectivity index (χ1n) is 11.0. The Bertz CT molecular complexity index is 951. The van der Waals surface area contributed by atoms with Gasteiger partial charge in [-0.05, 0) is 67.2 Å². The molecule has 0 saturated carbocycles. The molecule has 2 heteroatoms. The number of aryl methyl sites for hydroxylation is 1. The molecule has 1 fully saturated rings. The van der Waals surface area contributed by atoms with E-state index in [4.69, 9.17) is 4.74 Å². The number of ether oxygens (including phenoxy) is 1. The van der Waals surface area contributed by atoms with Crippen molar-refractivity contribution in [3.05, 3.63) is 101 Å². The molecular formula is C28H31NO. The number of hydrogen-bond acceptors (Lipinski definition) is 2. The Morgan fingerprint density at radius 1 is 0.767 bits per heavy atom. The van der Waals surface area contributed by atoms with E-state index in [2.05, 4.69) is 84.6 Å². The number of piperidine rings is 1. The molecular weight excluding hydrogens is 366 g/mol. The molecule has 2 nitrogen and oxygen atoms in total. The molecule has 0 radical (unpaired) electrons. The van der Waals surface area contributed by atoms with Crippen LogP contribution in [0.1, 0.15) is 47.1 Å². The summed E-state index contributed by atoms with van der Waals surface area (Å²) in [5, 5.41) is 0. The van der Waals surface area contributed by atoms with E-state index < -0.39 is 0 Å². The minimum atomic E-state index is 0.589. The van der Waals surface area contributed by atoms with Gasteiger partial charge in [-0.3, -0.25) is 4.90 Å². The van der Waals surface area contributed by atoms with Crippen molar-refractivity contribution in [2.24, 2.45) is 0 Å². The fraction of sp³-hybridized carbons (Fsp3) is 0.286. The fourth-order valence-corrected chi connectivity index (χ4v) is 3.86. The van der Waals surface area contributed by atoms with E-state index >= 15 is 0 Å². The van der Waals surface area contributed by atoms with Gasteiger partial charge in [0.05, 0.1) is 0 Å². The topological polar surface area (TPSA) is 12.5 Å². The van der Waals surface area contributed by atoms with Gasteiger partial charge in [-0.2, -0.15) is 0 Å². The number of rotatable bonds is 7. The molecule has 0 N–H and O–H groups in total. The molecule has 1 aliphatic rings. The van der Waals surface area contributed by atoms with E-state index in [0.717, 1.165) is 17.9 Å². The molecule has 0 spiro atoms. The van der Waals surface area contributed by atoms with Gasteiger partial charge in [-0.1, -0.05) is 84.8 Å². The molecule has 1 aliphatic heterocycles. The predicted molar refractivity (Wildman–Crippen MR) is 126 cm³/mol. The standard InChI is InChI=1S/C28H31NO/c1-23-8-10-27(11-9-23)22-30-28-7-5-6-25(20-28)15-12-24-13-16-26(17-14-24)21-29-18-3-2-4-19-29/h5-17,20H,2-4,18-19,21-22H2,1H3/b15-12+. The van der Waals surface area contributed by atoms with Crippen LogP contribution >= 0.6 is 0 Å². The monoisotopic (exact) mass is 397 g/mol. The summed E-state index contributed by atoms with van der Waals surface area (Å²) in [6.07, 6.45) is 8.39. The summed E-state index contributed by atoms with van der Waals surface area (Å²) in [4.78, 5) is 2.57. The van der Waals surface area contributed by atoms with Crippen LogP contribution in [-0.2, 0) is 13.2 Å². The number of nitrogens with zero attached hydrogens (tertiary/aromatic N) is 1. The van der Waals surface area contributed by atoms with E-state index in [1.165, 1.54) is 54.6 Å². The van der Waals surface area contributed by atoms with Gasteiger partial charge in [-0.15, -0.1) is 0 Å². The summed E-state index contributed by atoms with van der Waals surface area (Å²) in [5.41, 5.74) is 6.23. The van der Waals surface area contributed by atoms with Crippen LogP contribution in [-0.4, -0.2) is 18.0 Å². The number of hydrogen-bond donors (Lipinski definition) is 0. The zero-order chi connectivity index (χ0) is 20.6. The summed E-state index contributed by atoms with van der Waals surface area (Å²) in [5.74, 6) is 0.898. The SMILES string of the molecule is Cc1ccc(COc2cccc(/C=C/c3ccc(CN4CCCCC4)cc3)c2)cc1. The van der Waals surface area contributed by atoms with Crippen molar-refractivity contribution >= 4 is 12.2 Å². The minimum Gasteiger partial charge on any atom is -0.489 e. The van der Waals surface area contributed by atoms with E-state index in [1.807, 2.05) is 12.1 Å². The minimum absolute atomic E-state index is 0.589. The van der Waals surface area contributed by atoms with Crippen molar-refractivity contribution in [2.45, 2.75) is 39.3 Å². The Morgan fingerprint density at radius 2 is 1.47 bits per heavy atom. The highest BCUT2D eigenvalue weighted by Crippen LogP contribution is 2.18. The maximum Gasteiger partial charge on any atom is 0.120 e. The van der Waals surface area contributed by atoms with Gasteiger partial charge < -0.3 is 4.74 Å². The van der Waals surface area contributed by atoms with Crippen LogP contribution in [0, 0.1) is 6.92 Å². The highest BCUT2D eigenvalue weighted by molar-refractivity contribution is 5.70. The maximum atomic E-state index is 5.97. The first kappa shape index (κ1) is 20.4. The third-order valence-corrected chi connectivity index (χ3v) is 5.69. The fourth-order valence-electron chi connectivity index (χ4n) is 3.86. The van der Waals surface area contributed by atoms with E-state index in [0.29, 0.717) is 6.61 Å². The molecule has 3 aromatic rings. The first-order valence-corrected chi connectivity index (χ1v) is 11.0. The Morgan fingerprint density at radius 3 is 2.23 bits per heavy atom. The molecule has 1 heterocycles. The van der Waals surface area contributed by atoms with Crippen molar-refractivity contribution in [1.82, 2.24) is 4.90 Å². The molecule has 0 atom stereocenters. The van der Waals surface area contributed by atoms with Crippen LogP contribution in [0.3, 0.4) is 0 Å². The predicted octanol–water partition coefficient (Wildman–Crippen LogP) is 6.73. The summed E-state index contributed by atoms with van der Waals surface area (Å²) in [6, 6.07) is 25.7. The lowest BCUT2D eigenvalue weighted by molar-refractivity contribution is 0.221. The van der Waals surface area contributed by atoms with E-state index in [-0.39, 0.29) is 0 Å². The molecule has 0 aliphatic carbocycles. The lowest BCUT2D eigenvalue weighted by Gasteiger charge is -2.26. The average Bonchev–Trinajstić information content (AvgIpc) is 2.79. The molecule has 0 bridgehead atoms. The van der Waals surface area contributed by atoms with Crippen molar-refractivity contribution in [2.75, 3.05) is 13.1 Å². The van der Waals surface area contributed by atoms with Crippen LogP contribution in [0.25, 0.3) is 12.2 Å². The Balaban J connectivity index is 1.33. The van der Waals surface area contributed by atoms with Gasteiger partial charge in [0, 0.05) is 6.54 Å². The molecule has 0 unspecified atom stereocenters. The largest absolute Gasteiger partial charge is 0.489 e. The van der Waals surface area contributed by atoms with Crippen LogP contribution in [0.15, 0.2) is 72.8 Å². The smallest absolute Gasteiger partial charge is 0.120 e. The molecule has 1 saturated heterocycles. The summed E-state index contributed by atoms with van der Waals surface area (Å²) in [7, 11) is 0. The van der Waals surface area contributed by atoms with Gasteiger partial charge in [-0.25, -0.2) is 0 Å². The van der Waals surface area contributed by atoms with Gasteiger partial charge in [0.2, 0.25) is 0 Å². The average molecular weight is 398 g/mol. The lowest BCUT2D eigenvalue weighted by Crippen LogP contribution is -2.28. The summed E-state index contributed by atoms with van der Waals surface area (Å²) >= 11 is 0. The molecule has 0 aromatic heterocycles. The Labute approximate surface area is 180 Å². The first-order chi connectivity index (χ1) is 14.7. The lowest BCUT2D eigenvalue weighted by atomic mass is 10.1. The highest BCUT2D eigenvalue weighted by atomic mass is 16.5. The molecule has 3 aromatic carbocycles. The molecule has 30 heavy (non-hydrogen) atoms. The summed E-state index contributed by atoms with van der Waals surface area (Å²) < 4.78 is 5.97. The summed E-state index contributed by atoms with van der Waals surface area (Å²) in [6.45, 7) is 6.24. The van der Waals surface area contributed by atoms with Crippen LogP contribution in [0.4, 0.5) is 0 Å². The van der Waals surface area contributed by atoms with Crippen molar-refractivity contribution in [1.29, 1.82) is 0 Å². The molecule has 4 rings (SSSR count). The van der Waals surface area contributed by atoms with E-state index in [1.54, 1.807) is 0 Å². The van der Waals surface area contributed by atoms with E-state index in [9.17, 15) is 0 Å². The Kier molecular flexibility index (Phi) is 6.99. The quantitative estimate of drug-likeness (QED) is 0.410. The molecule has 0 amide bonds. The zero-order valence-electron chi connectivity index (χ0n) is 17.9. The Hall–Kier alpha value is -2.84. The van der Waals surface area contributed by atoms with Gasteiger partial charge in [0.15, 0.2) is 0 Å². The second-order valence-corrected chi connectivity index (χ2v) is 8.26. The normalized spacial score (nSPS) is 14.8.